The molecule has 8 aromatic rings. The molecule has 1 saturated carbocycles. The number of hydrogen-bond acceptors (Lipinski definition) is 3. The average molecular weight is 1070 g/mol. The van der Waals surface area contributed by atoms with E-state index in [1.54, 1.807) is 18.2 Å². The van der Waals surface area contributed by atoms with Crippen molar-refractivity contribution in [3.63, 3.8) is 0 Å². The molecule has 5 aromatic carbocycles. The van der Waals surface area contributed by atoms with Gasteiger partial charge in [0.15, 0.2) is 0 Å². The zero-order valence-corrected chi connectivity index (χ0v) is 42.7. The van der Waals surface area contributed by atoms with E-state index in [0.29, 0.717) is 46.4 Å². The number of nitrogens with zero attached hydrogens (tertiary/aromatic N) is 2. The number of aryl methyl sites for hydroxylation is 3. The third-order valence-corrected chi connectivity index (χ3v) is 14.3. The van der Waals surface area contributed by atoms with Gasteiger partial charge in [0.1, 0.15) is 5.58 Å². The van der Waals surface area contributed by atoms with Crippen molar-refractivity contribution < 1.29 is 39.6 Å². The number of aromatic nitrogens is 2. The molecular formula is C63H68IrN2O-2. The van der Waals surface area contributed by atoms with Crippen LogP contribution in [0.5, 0.6) is 0 Å². The minimum absolute atomic E-state index is 0. The molecule has 0 saturated heterocycles. The summed E-state index contributed by atoms with van der Waals surface area (Å²) in [5.74, 6) is -1.02. The van der Waals surface area contributed by atoms with E-state index in [0.717, 1.165) is 58.8 Å². The Labute approximate surface area is 430 Å². The fraction of sp³-hybridized carbons (Fsp3) is 0.365. The molecule has 2 aliphatic rings. The summed E-state index contributed by atoms with van der Waals surface area (Å²) < 4.78 is 99.0. The number of para-hydroxylation sites is 1. The molecule has 3 nitrogen and oxygen atoms in total. The zero-order valence-electron chi connectivity index (χ0n) is 51.3. The van der Waals surface area contributed by atoms with Crippen LogP contribution in [0.3, 0.4) is 0 Å². The van der Waals surface area contributed by atoms with Gasteiger partial charge >= 0.3 is 0 Å². The summed E-state index contributed by atoms with van der Waals surface area (Å²) >= 11 is 0. The van der Waals surface area contributed by atoms with Crippen LogP contribution < -0.4 is 0 Å². The van der Waals surface area contributed by atoms with Crippen molar-refractivity contribution >= 4 is 21.9 Å². The SMILES string of the molecule is [2H]C([2H])([2H])c1c[c-]c(-c2cc(C(C)(C)C)ccn2)cc1-c1ccc2c(c1)C(C)(C)CCC2(C)C.[2H]c1cc(C2([2H])CCC(C)(C)CC2)cc(C([2H])([2H])[2H])c1-c1cc(-c2[c-]ccc3c2oc2ccccc23)ncc1C([2H])([2H])[2H].[Ir]. The van der Waals surface area contributed by atoms with Crippen LogP contribution in [0, 0.1) is 38.1 Å². The van der Waals surface area contributed by atoms with Crippen LogP contribution in [0.4, 0.5) is 0 Å². The number of hydrogen-bond donors (Lipinski definition) is 0. The first-order valence-electron chi connectivity index (χ1n) is 28.8. The molecule has 1 radical (unpaired) electrons. The minimum Gasteiger partial charge on any atom is -0.501 e. The van der Waals surface area contributed by atoms with Gasteiger partial charge in [-0.3, -0.25) is 0 Å². The number of benzene rings is 5. The van der Waals surface area contributed by atoms with Crippen LogP contribution in [-0.2, 0) is 36.4 Å². The first-order valence-corrected chi connectivity index (χ1v) is 23.3. The van der Waals surface area contributed by atoms with E-state index >= 15 is 0 Å². The molecular weight excluding hydrogens is 993 g/mol. The molecule has 0 bridgehead atoms. The maximum Gasteiger partial charge on any atom is 0.120 e. The Hall–Kier alpha value is -5.15. The summed E-state index contributed by atoms with van der Waals surface area (Å²) in [6, 6.07) is 36.3. The van der Waals surface area contributed by atoms with Crippen molar-refractivity contribution in [3.05, 3.63) is 167 Å². The Balaban J connectivity index is 0.000000209. The molecule has 0 N–H and O–H groups in total. The van der Waals surface area contributed by atoms with Gasteiger partial charge in [-0.1, -0.05) is 152 Å². The molecule has 0 aliphatic heterocycles. The smallest absolute Gasteiger partial charge is 0.120 e. The largest absolute Gasteiger partial charge is 0.501 e. The number of fused-ring (bicyclic) bond motifs is 4. The van der Waals surface area contributed by atoms with E-state index in [2.05, 4.69) is 109 Å². The summed E-state index contributed by atoms with van der Waals surface area (Å²) in [5.41, 5.74) is 10.1. The number of rotatable bonds is 5. The Kier molecular flexibility index (Phi) is 9.86. The summed E-state index contributed by atoms with van der Waals surface area (Å²) in [6.07, 6.45) is 8.05. The molecule has 3 aromatic heterocycles. The van der Waals surface area contributed by atoms with Crippen molar-refractivity contribution in [2.75, 3.05) is 0 Å². The maximum absolute atomic E-state index is 9.24. The van der Waals surface area contributed by atoms with Gasteiger partial charge in [-0.15, -0.1) is 47.5 Å². The molecule has 3 heterocycles. The van der Waals surface area contributed by atoms with Gasteiger partial charge in [0, 0.05) is 51.6 Å². The van der Waals surface area contributed by atoms with E-state index in [1.807, 2.05) is 48.7 Å². The zero-order chi connectivity index (χ0) is 56.1. The molecule has 0 amide bonds. The molecule has 0 atom stereocenters. The molecule has 1 fully saturated rings. The van der Waals surface area contributed by atoms with Crippen LogP contribution in [0.15, 0.2) is 120 Å². The second-order valence-corrected chi connectivity index (χ2v) is 21.6. The van der Waals surface area contributed by atoms with E-state index in [9.17, 15) is 1.37 Å². The van der Waals surface area contributed by atoms with Crippen LogP contribution >= 0.6 is 0 Å². The van der Waals surface area contributed by atoms with E-state index in [1.165, 1.54) is 35.0 Å². The summed E-state index contributed by atoms with van der Waals surface area (Å²) in [6.45, 7) is 12.5. The summed E-state index contributed by atoms with van der Waals surface area (Å²) in [4.78, 5) is 9.07. The Morgan fingerprint density at radius 1 is 0.701 bits per heavy atom. The van der Waals surface area contributed by atoms with E-state index in [4.69, 9.17) is 18.1 Å². The average Bonchev–Trinajstić information content (AvgIpc) is 3.85. The monoisotopic (exact) mass is 1070 g/mol. The normalized spacial score (nSPS) is 19.9. The standard InChI is InChI=1S/C33H32NO.C30H36N.Ir/c1-21-18-24(23-14-16-33(3,4)17-15-23)12-13-25(21)29-19-30(34-20-22(29)2)28-10-7-9-27-26-8-5-6-11-31(26)35-32(27)28;1-20-9-10-22(27-19-23(13-16-31-27)28(2,3)4)17-24(20)21-11-12-25-26(18-21)30(7,8)15-14-29(25,5)6;/h5-9,11-13,18-20,23H,14-17H2,1-4H3;9,11-13,16-19H,14-15H2,1-8H3;/q2*-1;/i1D3,2D3,13D,23D;1D3;. The topological polar surface area (TPSA) is 38.9 Å². The van der Waals surface area contributed by atoms with Crippen LogP contribution in [0.1, 0.15) is 161 Å². The van der Waals surface area contributed by atoms with Gasteiger partial charge in [0.05, 0.1) is 6.95 Å². The molecule has 2 aliphatic carbocycles. The minimum atomic E-state index is -2.66. The van der Waals surface area contributed by atoms with Crippen LogP contribution in [0.25, 0.3) is 66.7 Å². The van der Waals surface area contributed by atoms with Crippen molar-refractivity contribution in [3.8, 4) is 44.8 Å². The maximum atomic E-state index is 9.24. The van der Waals surface area contributed by atoms with Gasteiger partial charge in [0.2, 0.25) is 0 Å². The Morgan fingerprint density at radius 3 is 2.19 bits per heavy atom. The Morgan fingerprint density at radius 2 is 1.45 bits per heavy atom. The van der Waals surface area contributed by atoms with Crippen molar-refractivity contribution in [2.24, 2.45) is 5.41 Å². The molecule has 10 rings (SSSR count). The number of furan rings is 1. The molecule has 347 valence electrons. The van der Waals surface area contributed by atoms with Crippen LogP contribution in [-0.4, -0.2) is 9.97 Å². The van der Waals surface area contributed by atoms with E-state index in [-0.39, 0.29) is 70.1 Å². The quantitative estimate of drug-likeness (QED) is 0.161. The fourth-order valence-corrected chi connectivity index (χ4v) is 9.80. The van der Waals surface area contributed by atoms with E-state index < -0.39 is 26.4 Å². The van der Waals surface area contributed by atoms with Crippen molar-refractivity contribution in [1.29, 1.82) is 0 Å². The van der Waals surface area contributed by atoms with Gasteiger partial charge in [-0.05, 0) is 153 Å². The predicted octanol–water partition coefficient (Wildman–Crippen LogP) is 17.6. The summed E-state index contributed by atoms with van der Waals surface area (Å²) in [7, 11) is 0. The predicted molar refractivity (Wildman–Crippen MR) is 278 cm³/mol. The van der Waals surface area contributed by atoms with Gasteiger partial charge < -0.3 is 14.4 Å². The van der Waals surface area contributed by atoms with Gasteiger partial charge in [-0.25, -0.2) is 0 Å². The van der Waals surface area contributed by atoms with Crippen molar-refractivity contribution in [1.82, 2.24) is 9.97 Å². The second kappa shape index (κ2) is 18.4. The third-order valence-electron chi connectivity index (χ3n) is 14.3. The molecule has 0 spiro atoms. The molecule has 67 heavy (non-hydrogen) atoms. The summed E-state index contributed by atoms with van der Waals surface area (Å²) in [5, 5.41) is 1.76. The molecule has 4 heteroatoms. The molecule has 0 unspecified atom stereocenters. The number of pyridine rings is 2. The second-order valence-electron chi connectivity index (χ2n) is 21.6. The van der Waals surface area contributed by atoms with Gasteiger partial charge in [-0.2, -0.15) is 0 Å². The first-order chi connectivity index (χ1) is 35.7. The van der Waals surface area contributed by atoms with Crippen LogP contribution in [0.2, 0.25) is 0 Å². The Bertz CT molecular complexity index is 3550. The van der Waals surface area contributed by atoms with Crippen molar-refractivity contribution in [2.45, 2.75) is 144 Å². The van der Waals surface area contributed by atoms with Gasteiger partial charge in [0.25, 0.3) is 0 Å². The fourth-order valence-electron chi connectivity index (χ4n) is 9.80. The third kappa shape index (κ3) is 9.77. The first kappa shape index (κ1) is 35.9.